The van der Waals surface area contributed by atoms with Gasteiger partial charge < -0.3 is 14.8 Å². The highest BCUT2D eigenvalue weighted by molar-refractivity contribution is 7.89. The molecule has 0 amide bonds. The molecule has 3 heterocycles. The molecular formula is C29H34F2N4O5S. The van der Waals surface area contributed by atoms with Gasteiger partial charge in [0.25, 0.3) is 0 Å². The highest BCUT2D eigenvalue weighted by Gasteiger charge is 2.32. The number of methoxy groups -OCH3 is 1. The van der Waals surface area contributed by atoms with Crippen LogP contribution in [0.25, 0.3) is 0 Å². The van der Waals surface area contributed by atoms with E-state index >= 15 is 0 Å². The first-order valence-corrected chi connectivity index (χ1v) is 15.2. The summed E-state index contributed by atoms with van der Waals surface area (Å²) in [6.45, 7) is 2.03. The van der Waals surface area contributed by atoms with Crippen LogP contribution in [-0.4, -0.2) is 68.2 Å². The Morgan fingerprint density at radius 2 is 1.93 bits per heavy atom. The van der Waals surface area contributed by atoms with Crippen LogP contribution in [0.4, 0.5) is 14.5 Å². The van der Waals surface area contributed by atoms with Gasteiger partial charge in [0.15, 0.2) is 5.78 Å². The zero-order chi connectivity index (χ0) is 29.0. The first-order chi connectivity index (χ1) is 19.7. The number of sulfonamides is 1. The Labute approximate surface area is 238 Å². The molecular weight excluding hydrogens is 554 g/mol. The molecule has 2 aliphatic heterocycles. The number of rotatable bonds is 11. The lowest BCUT2D eigenvalue weighted by Gasteiger charge is -2.27. The molecule has 5 rings (SSSR count). The second-order valence-electron chi connectivity index (χ2n) is 10.4. The van der Waals surface area contributed by atoms with Crippen molar-refractivity contribution >= 4 is 21.5 Å². The van der Waals surface area contributed by atoms with Gasteiger partial charge in [0.05, 0.1) is 17.0 Å². The van der Waals surface area contributed by atoms with Crippen LogP contribution in [0.3, 0.4) is 0 Å². The number of nitrogens with one attached hydrogen (secondary N) is 2. The molecule has 41 heavy (non-hydrogen) atoms. The van der Waals surface area contributed by atoms with E-state index in [9.17, 15) is 22.0 Å². The lowest BCUT2D eigenvalue weighted by atomic mass is 9.97. The van der Waals surface area contributed by atoms with Crippen LogP contribution >= 0.6 is 0 Å². The predicted octanol–water partition coefficient (Wildman–Crippen LogP) is 4.03. The van der Waals surface area contributed by atoms with E-state index in [-0.39, 0.29) is 31.3 Å². The molecule has 1 aromatic heterocycles. The Balaban J connectivity index is 1.36. The zero-order valence-corrected chi connectivity index (χ0v) is 23.7. The van der Waals surface area contributed by atoms with Gasteiger partial charge >= 0.3 is 0 Å². The number of nitrogens with zero attached hydrogens (tertiary/aromatic N) is 2. The summed E-state index contributed by atoms with van der Waals surface area (Å²) in [5.41, 5.74) is 4.22. The number of halogens is 2. The number of carbonyl (C=O) groups excluding carboxylic acids is 1. The fraction of sp³-hybridized carbons (Fsp3) is 0.448. The van der Waals surface area contributed by atoms with Gasteiger partial charge in [-0.15, -0.1) is 0 Å². The summed E-state index contributed by atoms with van der Waals surface area (Å²) in [5.74, 6) is -2.08. The van der Waals surface area contributed by atoms with Gasteiger partial charge in [-0.25, -0.2) is 17.2 Å². The Hall–Kier alpha value is -3.19. The number of anilines is 1. The number of hydrogen-bond acceptors (Lipinski definition) is 7. The third-order valence-corrected chi connectivity index (χ3v) is 9.39. The van der Waals surface area contributed by atoms with Gasteiger partial charge in [0.2, 0.25) is 10.0 Å². The summed E-state index contributed by atoms with van der Waals surface area (Å²) < 4.78 is 65.8. The largest absolute Gasteiger partial charge is 0.385 e. The fourth-order valence-electron chi connectivity index (χ4n) is 5.35. The third kappa shape index (κ3) is 6.83. The predicted molar refractivity (Wildman–Crippen MR) is 148 cm³/mol. The van der Waals surface area contributed by atoms with Gasteiger partial charge in [-0.1, -0.05) is 6.07 Å². The van der Waals surface area contributed by atoms with E-state index in [2.05, 4.69) is 15.5 Å². The van der Waals surface area contributed by atoms with Crippen molar-refractivity contribution in [3.8, 4) is 0 Å². The van der Waals surface area contributed by atoms with Crippen LogP contribution in [0.5, 0.6) is 0 Å². The summed E-state index contributed by atoms with van der Waals surface area (Å²) in [6, 6.07) is 8.23. The van der Waals surface area contributed by atoms with Crippen LogP contribution in [0.2, 0.25) is 0 Å². The van der Waals surface area contributed by atoms with E-state index in [1.165, 1.54) is 4.31 Å². The standard InChI is InChI=1S/C29H34F2N4O5S/c1-39-10-2-3-19-4-5-24(27(13-19)32-22-7-11-40-12-8-22)29(36)17-28-25-18-35(9-6-26(25)33-34-28)41(37,38)23-15-20(30)14-21(31)16-23/h4-5,13-16,22,32H,2-3,6-12,17-18H2,1H3,(H,33,34). The highest BCUT2D eigenvalue weighted by Crippen LogP contribution is 2.29. The Morgan fingerprint density at radius 3 is 2.66 bits per heavy atom. The summed E-state index contributed by atoms with van der Waals surface area (Å²) in [6.07, 6.45) is 3.67. The number of carbonyl (C=O) groups is 1. The highest BCUT2D eigenvalue weighted by atomic mass is 32.2. The first kappa shape index (κ1) is 29.3. The lowest BCUT2D eigenvalue weighted by molar-refractivity contribution is 0.0904. The Kier molecular flexibility index (Phi) is 9.12. The average Bonchev–Trinajstić information content (AvgIpc) is 3.35. The molecule has 12 heteroatoms. The molecule has 1 fully saturated rings. The maximum absolute atomic E-state index is 13.8. The molecule has 1 saturated heterocycles. The molecule has 0 bridgehead atoms. The topological polar surface area (TPSA) is 114 Å². The van der Waals surface area contributed by atoms with Crippen molar-refractivity contribution in [1.82, 2.24) is 14.5 Å². The molecule has 0 saturated carbocycles. The summed E-state index contributed by atoms with van der Waals surface area (Å²) in [4.78, 5) is 13.2. The second kappa shape index (κ2) is 12.8. The third-order valence-electron chi connectivity index (χ3n) is 7.57. The molecule has 2 aromatic carbocycles. The lowest BCUT2D eigenvalue weighted by Crippen LogP contribution is -2.36. The number of aryl methyl sites for hydroxylation is 1. The van der Waals surface area contributed by atoms with Crippen LogP contribution in [0, 0.1) is 11.6 Å². The van der Waals surface area contributed by atoms with Gasteiger partial charge in [-0.3, -0.25) is 9.89 Å². The van der Waals surface area contributed by atoms with Crippen molar-refractivity contribution < 1.29 is 31.5 Å². The monoisotopic (exact) mass is 588 g/mol. The molecule has 0 unspecified atom stereocenters. The molecule has 0 atom stereocenters. The maximum atomic E-state index is 13.8. The number of ether oxygens (including phenoxy) is 2. The van der Waals surface area contributed by atoms with Gasteiger partial charge in [0.1, 0.15) is 11.6 Å². The summed E-state index contributed by atoms with van der Waals surface area (Å²) >= 11 is 0. The number of ketones is 1. The maximum Gasteiger partial charge on any atom is 0.243 e. The smallest absolute Gasteiger partial charge is 0.243 e. The summed E-state index contributed by atoms with van der Waals surface area (Å²) in [7, 11) is -2.49. The Bertz CT molecular complexity index is 1480. The molecule has 0 aliphatic carbocycles. The van der Waals surface area contributed by atoms with Crippen LogP contribution < -0.4 is 5.32 Å². The number of hydrogen-bond donors (Lipinski definition) is 2. The van der Waals surface area contributed by atoms with Crippen LogP contribution in [-0.2, 0) is 45.3 Å². The summed E-state index contributed by atoms with van der Waals surface area (Å²) in [5, 5.41) is 10.8. The zero-order valence-electron chi connectivity index (χ0n) is 22.9. The normalized spacial score (nSPS) is 16.5. The van der Waals surface area contributed by atoms with E-state index in [1.807, 2.05) is 18.2 Å². The minimum atomic E-state index is -4.17. The van der Waals surface area contributed by atoms with Crippen molar-refractivity contribution in [2.75, 3.05) is 38.8 Å². The van der Waals surface area contributed by atoms with E-state index in [4.69, 9.17) is 9.47 Å². The number of aromatic amines is 1. The average molecular weight is 589 g/mol. The van der Waals surface area contributed by atoms with Gasteiger partial charge in [-0.2, -0.15) is 9.40 Å². The van der Waals surface area contributed by atoms with Crippen molar-refractivity contribution in [3.63, 3.8) is 0 Å². The molecule has 0 radical (unpaired) electrons. The van der Waals surface area contributed by atoms with E-state index in [0.29, 0.717) is 49.1 Å². The number of aromatic nitrogens is 2. The van der Waals surface area contributed by atoms with Gasteiger partial charge in [0, 0.05) is 81.1 Å². The van der Waals surface area contributed by atoms with Gasteiger partial charge in [-0.05, 0) is 55.5 Å². The quantitative estimate of drug-likeness (QED) is 0.257. The molecule has 2 aliphatic rings. The number of H-pyrrole nitrogens is 1. The van der Waals surface area contributed by atoms with Crippen LogP contribution in [0.15, 0.2) is 41.3 Å². The van der Waals surface area contributed by atoms with Crippen molar-refractivity contribution in [1.29, 1.82) is 0 Å². The van der Waals surface area contributed by atoms with E-state index in [1.54, 1.807) is 7.11 Å². The molecule has 3 aromatic rings. The molecule has 220 valence electrons. The fourth-order valence-corrected chi connectivity index (χ4v) is 6.80. The molecule has 9 nitrogen and oxygen atoms in total. The minimum absolute atomic E-state index is 0.0280. The van der Waals surface area contributed by atoms with E-state index < -0.39 is 26.6 Å². The van der Waals surface area contributed by atoms with Crippen molar-refractivity contribution in [2.45, 2.75) is 56.0 Å². The van der Waals surface area contributed by atoms with Crippen LogP contribution in [0.1, 0.15) is 52.1 Å². The van der Waals surface area contributed by atoms with Crippen molar-refractivity contribution in [3.05, 3.63) is 76.1 Å². The van der Waals surface area contributed by atoms with E-state index in [0.717, 1.165) is 54.8 Å². The Morgan fingerprint density at radius 1 is 1.17 bits per heavy atom. The minimum Gasteiger partial charge on any atom is -0.385 e. The first-order valence-electron chi connectivity index (χ1n) is 13.7. The number of Topliss-reactive ketones (excluding diaryl/α,β-unsaturated/α-hetero) is 1. The number of benzene rings is 2. The molecule has 0 spiro atoms. The molecule has 2 N–H and O–H groups in total. The number of fused-ring (bicyclic) bond motifs is 1. The second-order valence-corrected chi connectivity index (χ2v) is 12.4. The SMILES string of the molecule is COCCCc1ccc(C(=O)Cc2n[nH]c3c2CN(S(=O)(=O)c2cc(F)cc(F)c2)CC3)c(NC2CCOCC2)c1. The van der Waals surface area contributed by atoms with Crippen molar-refractivity contribution in [2.24, 2.45) is 0 Å².